The molecular weight excluding hydrogens is 342 g/mol. The van der Waals surface area contributed by atoms with Crippen molar-refractivity contribution in [1.29, 1.82) is 0 Å². The summed E-state index contributed by atoms with van der Waals surface area (Å²) in [5.74, 6) is 0.999. The van der Waals surface area contributed by atoms with Gasteiger partial charge in [0.05, 0.1) is 22.1 Å². The van der Waals surface area contributed by atoms with E-state index in [1.807, 2.05) is 25.1 Å². The Morgan fingerprint density at radius 2 is 2.20 bits per heavy atom. The average molecular weight is 362 g/mol. The van der Waals surface area contributed by atoms with Gasteiger partial charge in [-0.25, -0.2) is 8.42 Å². The number of nitrogens with two attached hydrogens (primary N) is 1. The van der Waals surface area contributed by atoms with Gasteiger partial charge in [0.15, 0.2) is 9.84 Å². The lowest BCUT2D eigenvalue weighted by atomic mass is 10.0. The first kappa shape index (κ1) is 15.8. The molecule has 2 N–H and O–H groups in total. The average Bonchev–Trinajstić information content (AvgIpc) is 2.40. The number of sulfone groups is 1. The van der Waals surface area contributed by atoms with E-state index in [1.165, 1.54) is 0 Å². The van der Waals surface area contributed by atoms with Crippen LogP contribution < -0.4 is 10.5 Å². The molecule has 2 unspecified atom stereocenters. The van der Waals surface area contributed by atoms with Crippen LogP contribution in [0.2, 0.25) is 0 Å². The SMILES string of the molecule is CCOc1ccc(C(N)C2CCCCS2(=O)=O)cc1Br. The maximum Gasteiger partial charge on any atom is 0.155 e. The summed E-state index contributed by atoms with van der Waals surface area (Å²) in [4.78, 5) is 0. The van der Waals surface area contributed by atoms with Gasteiger partial charge in [0, 0.05) is 6.04 Å². The van der Waals surface area contributed by atoms with Crippen LogP contribution in [0.15, 0.2) is 22.7 Å². The Labute approximate surface area is 128 Å². The molecule has 0 amide bonds. The molecule has 0 aliphatic carbocycles. The van der Waals surface area contributed by atoms with Crippen LogP contribution in [0.25, 0.3) is 0 Å². The maximum atomic E-state index is 12.1. The van der Waals surface area contributed by atoms with Gasteiger partial charge >= 0.3 is 0 Å². The highest BCUT2D eigenvalue weighted by molar-refractivity contribution is 9.10. The summed E-state index contributed by atoms with van der Waals surface area (Å²) in [6.45, 7) is 2.50. The normalized spacial score (nSPS) is 23.2. The van der Waals surface area contributed by atoms with Crippen LogP contribution in [0.1, 0.15) is 37.8 Å². The van der Waals surface area contributed by atoms with Gasteiger partial charge in [-0.15, -0.1) is 0 Å². The first-order valence-corrected chi connectivity index (χ1v) is 9.36. The van der Waals surface area contributed by atoms with E-state index >= 15 is 0 Å². The van der Waals surface area contributed by atoms with Crippen molar-refractivity contribution >= 4 is 25.8 Å². The summed E-state index contributed by atoms with van der Waals surface area (Å²) in [5, 5.41) is -0.471. The fraction of sp³-hybridized carbons (Fsp3) is 0.571. The van der Waals surface area contributed by atoms with Gasteiger partial charge in [0.2, 0.25) is 0 Å². The Balaban J connectivity index is 2.24. The first-order valence-electron chi connectivity index (χ1n) is 6.85. The second kappa shape index (κ2) is 6.45. The Hall–Kier alpha value is -0.590. The standard InChI is InChI=1S/C14H20BrNO3S/c1-2-19-12-7-6-10(9-11(12)15)14(16)13-5-3-4-8-20(13,17)18/h6-7,9,13-14H,2-5,8,16H2,1H3. The van der Waals surface area contributed by atoms with Crippen LogP contribution in [0.5, 0.6) is 5.75 Å². The molecule has 1 aliphatic heterocycles. The molecule has 0 radical (unpaired) electrons. The predicted octanol–water partition coefficient (Wildman–Crippen LogP) is 2.81. The third-order valence-corrected chi connectivity index (χ3v) is 6.60. The van der Waals surface area contributed by atoms with E-state index in [-0.39, 0.29) is 5.75 Å². The van der Waals surface area contributed by atoms with E-state index in [0.717, 1.165) is 28.6 Å². The van der Waals surface area contributed by atoms with Gasteiger partial charge in [-0.3, -0.25) is 0 Å². The van der Waals surface area contributed by atoms with E-state index in [2.05, 4.69) is 15.9 Å². The van der Waals surface area contributed by atoms with Crippen molar-refractivity contribution < 1.29 is 13.2 Å². The van der Waals surface area contributed by atoms with E-state index in [4.69, 9.17) is 10.5 Å². The Morgan fingerprint density at radius 3 is 2.80 bits per heavy atom. The predicted molar refractivity (Wildman–Crippen MR) is 83.7 cm³/mol. The lowest BCUT2D eigenvalue weighted by molar-refractivity contribution is 0.338. The fourth-order valence-corrected chi connectivity index (χ4v) is 5.14. The maximum absolute atomic E-state index is 12.1. The van der Waals surface area contributed by atoms with E-state index in [9.17, 15) is 8.42 Å². The van der Waals surface area contributed by atoms with Crippen LogP contribution in [0, 0.1) is 0 Å². The van der Waals surface area contributed by atoms with Crippen molar-refractivity contribution in [2.24, 2.45) is 5.73 Å². The highest BCUT2D eigenvalue weighted by Crippen LogP contribution is 2.33. The number of rotatable bonds is 4. The molecule has 1 heterocycles. The van der Waals surface area contributed by atoms with Gasteiger partial charge in [-0.05, 0) is 53.4 Å². The molecule has 0 bridgehead atoms. The molecule has 1 aromatic rings. The topological polar surface area (TPSA) is 69.4 Å². The molecule has 2 atom stereocenters. The number of halogens is 1. The first-order chi connectivity index (χ1) is 9.45. The van der Waals surface area contributed by atoms with Gasteiger partial charge in [0.25, 0.3) is 0 Å². The molecule has 1 saturated heterocycles. The van der Waals surface area contributed by atoms with E-state index < -0.39 is 21.1 Å². The van der Waals surface area contributed by atoms with Crippen molar-refractivity contribution in [2.75, 3.05) is 12.4 Å². The summed E-state index contributed by atoms with van der Waals surface area (Å²) in [6.07, 6.45) is 2.32. The van der Waals surface area contributed by atoms with Crippen LogP contribution >= 0.6 is 15.9 Å². The quantitative estimate of drug-likeness (QED) is 0.894. The molecule has 6 heteroatoms. The van der Waals surface area contributed by atoms with Crippen molar-refractivity contribution in [1.82, 2.24) is 0 Å². The number of hydrogen-bond acceptors (Lipinski definition) is 4. The second-order valence-electron chi connectivity index (χ2n) is 5.05. The van der Waals surface area contributed by atoms with Crippen LogP contribution in [0.4, 0.5) is 0 Å². The van der Waals surface area contributed by atoms with Crippen molar-refractivity contribution in [3.8, 4) is 5.75 Å². The van der Waals surface area contributed by atoms with Gasteiger partial charge < -0.3 is 10.5 Å². The summed E-state index contributed by atoms with van der Waals surface area (Å²) in [5.41, 5.74) is 7.03. The Morgan fingerprint density at radius 1 is 1.45 bits per heavy atom. The molecule has 1 aliphatic rings. The lowest BCUT2D eigenvalue weighted by Crippen LogP contribution is -2.37. The monoisotopic (exact) mass is 361 g/mol. The van der Waals surface area contributed by atoms with E-state index in [0.29, 0.717) is 13.0 Å². The lowest BCUT2D eigenvalue weighted by Gasteiger charge is -2.28. The minimum absolute atomic E-state index is 0.254. The number of ether oxygens (including phenoxy) is 1. The number of hydrogen-bond donors (Lipinski definition) is 1. The smallest absolute Gasteiger partial charge is 0.155 e. The molecule has 0 spiro atoms. The van der Waals surface area contributed by atoms with Crippen LogP contribution in [-0.4, -0.2) is 26.0 Å². The molecule has 0 aromatic heterocycles. The Bertz CT molecular complexity index is 574. The number of benzene rings is 1. The van der Waals surface area contributed by atoms with Crippen molar-refractivity contribution in [2.45, 2.75) is 37.5 Å². The van der Waals surface area contributed by atoms with Crippen LogP contribution in [0.3, 0.4) is 0 Å². The molecule has 1 aromatic carbocycles. The highest BCUT2D eigenvalue weighted by atomic mass is 79.9. The molecule has 112 valence electrons. The third kappa shape index (κ3) is 3.35. The zero-order valence-corrected chi connectivity index (χ0v) is 13.9. The molecular formula is C14H20BrNO3S. The summed E-state index contributed by atoms with van der Waals surface area (Å²) in [6, 6.07) is 5.06. The van der Waals surface area contributed by atoms with E-state index in [1.54, 1.807) is 0 Å². The van der Waals surface area contributed by atoms with Gasteiger partial charge in [0.1, 0.15) is 5.75 Å². The molecule has 1 fully saturated rings. The summed E-state index contributed by atoms with van der Waals surface area (Å²) >= 11 is 3.44. The van der Waals surface area contributed by atoms with Gasteiger partial charge in [-0.1, -0.05) is 12.5 Å². The zero-order chi connectivity index (χ0) is 14.8. The minimum atomic E-state index is -3.08. The molecule has 20 heavy (non-hydrogen) atoms. The van der Waals surface area contributed by atoms with Gasteiger partial charge in [-0.2, -0.15) is 0 Å². The second-order valence-corrected chi connectivity index (χ2v) is 8.24. The molecule has 2 rings (SSSR count). The summed E-state index contributed by atoms with van der Waals surface area (Å²) < 4.78 is 30.5. The minimum Gasteiger partial charge on any atom is -0.493 e. The zero-order valence-electron chi connectivity index (χ0n) is 11.5. The molecule has 0 saturated carbocycles. The largest absolute Gasteiger partial charge is 0.493 e. The van der Waals surface area contributed by atoms with Crippen molar-refractivity contribution in [3.05, 3.63) is 28.2 Å². The highest BCUT2D eigenvalue weighted by Gasteiger charge is 2.34. The third-order valence-electron chi connectivity index (χ3n) is 3.67. The fourth-order valence-electron chi connectivity index (χ4n) is 2.59. The molecule has 4 nitrogen and oxygen atoms in total. The summed E-state index contributed by atoms with van der Waals surface area (Å²) in [7, 11) is -3.08. The van der Waals surface area contributed by atoms with Crippen molar-refractivity contribution in [3.63, 3.8) is 0 Å². The Kier molecular flexibility index (Phi) is 5.09. The van der Waals surface area contributed by atoms with Crippen LogP contribution in [-0.2, 0) is 9.84 Å².